The zero-order chi connectivity index (χ0) is 21.8. The summed E-state index contributed by atoms with van der Waals surface area (Å²) in [7, 11) is 0. The van der Waals surface area contributed by atoms with Crippen LogP contribution in [0.4, 0.5) is 5.95 Å². The van der Waals surface area contributed by atoms with Gasteiger partial charge in [0.25, 0.3) is 5.89 Å². The SMILES string of the molecule is CCc1cc(OCc2nc(-c3ccc(C(C)(C)C)cc3)no2)nc(N2CCOCC2)n1. The molecule has 0 N–H and O–H groups in total. The summed E-state index contributed by atoms with van der Waals surface area (Å²) < 4.78 is 16.7. The van der Waals surface area contributed by atoms with Gasteiger partial charge in [-0.25, -0.2) is 4.98 Å². The van der Waals surface area contributed by atoms with E-state index in [1.165, 1.54) is 5.56 Å². The molecule has 0 amide bonds. The van der Waals surface area contributed by atoms with Crippen molar-refractivity contribution < 1.29 is 14.0 Å². The second kappa shape index (κ2) is 9.01. The number of rotatable bonds is 6. The molecule has 0 radical (unpaired) electrons. The van der Waals surface area contributed by atoms with Crippen LogP contribution in [0.5, 0.6) is 5.88 Å². The maximum absolute atomic E-state index is 5.87. The van der Waals surface area contributed by atoms with E-state index in [9.17, 15) is 0 Å². The van der Waals surface area contributed by atoms with Gasteiger partial charge in [0.15, 0.2) is 6.61 Å². The molecule has 0 unspecified atom stereocenters. The number of nitrogens with zero attached hydrogens (tertiary/aromatic N) is 5. The fourth-order valence-corrected chi connectivity index (χ4v) is 3.30. The van der Waals surface area contributed by atoms with Gasteiger partial charge in [-0.1, -0.05) is 57.1 Å². The summed E-state index contributed by atoms with van der Waals surface area (Å²) >= 11 is 0. The van der Waals surface area contributed by atoms with Crippen LogP contribution in [-0.4, -0.2) is 46.4 Å². The fraction of sp³-hybridized carbons (Fsp3) is 0.478. The molecule has 3 aromatic rings. The summed E-state index contributed by atoms with van der Waals surface area (Å²) in [6.45, 7) is 11.7. The van der Waals surface area contributed by atoms with E-state index in [0.717, 1.165) is 30.8 Å². The molecule has 31 heavy (non-hydrogen) atoms. The van der Waals surface area contributed by atoms with Crippen molar-refractivity contribution in [3.63, 3.8) is 0 Å². The van der Waals surface area contributed by atoms with Gasteiger partial charge in [0.05, 0.1) is 13.2 Å². The molecule has 164 valence electrons. The molecule has 8 nitrogen and oxygen atoms in total. The van der Waals surface area contributed by atoms with Crippen LogP contribution in [0.1, 0.15) is 44.8 Å². The molecule has 1 saturated heterocycles. The topological polar surface area (TPSA) is 86.4 Å². The van der Waals surface area contributed by atoms with Crippen LogP contribution in [0.2, 0.25) is 0 Å². The van der Waals surface area contributed by atoms with Gasteiger partial charge < -0.3 is 18.9 Å². The number of ether oxygens (including phenoxy) is 2. The van der Waals surface area contributed by atoms with Crippen molar-refractivity contribution in [3.05, 3.63) is 47.5 Å². The zero-order valence-corrected chi connectivity index (χ0v) is 18.6. The second-order valence-corrected chi connectivity index (χ2v) is 8.58. The molecular formula is C23H29N5O3. The molecule has 0 saturated carbocycles. The Bertz CT molecular complexity index is 1000. The summed E-state index contributed by atoms with van der Waals surface area (Å²) in [5, 5.41) is 4.09. The van der Waals surface area contributed by atoms with Gasteiger partial charge in [0, 0.05) is 30.4 Å². The largest absolute Gasteiger partial charge is 0.467 e. The minimum atomic E-state index is 0.101. The molecule has 2 aromatic heterocycles. The number of hydrogen-bond donors (Lipinski definition) is 0. The Labute approximate surface area is 182 Å². The van der Waals surface area contributed by atoms with E-state index in [-0.39, 0.29) is 12.0 Å². The standard InChI is InChI=1S/C23H29N5O3/c1-5-18-14-19(26-22(24-18)28-10-12-29-13-11-28)30-15-20-25-21(27-31-20)16-6-8-17(9-7-16)23(2,3)4/h6-9,14H,5,10-13,15H2,1-4H3. The smallest absolute Gasteiger partial charge is 0.264 e. The number of aryl methyl sites for hydroxylation is 1. The maximum atomic E-state index is 5.87. The third-order valence-electron chi connectivity index (χ3n) is 5.22. The molecule has 3 heterocycles. The van der Waals surface area contributed by atoms with Gasteiger partial charge in [-0.2, -0.15) is 9.97 Å². The van der Waals surface area contributed by atoms with Gasteiger partial charge in [0.1, 0.15) is 0 Å². The fourth-order valence-electron chi connectivity index (χ4n) is 3.30. The van der Waals surface area contributed by atoms with Crippen molar-refractivity contribution in [3.8, 4) is 17.3 Å². The lowest BCUT2D eigenvalue weighted by atomic mass is 9.87. The molecule has 0 aliphatic carbocycles. The van der Waals surface area contributed by atoms with Crippen LogP contribution in [-0.2, 0) is 23.2 Å². The number of hydrogen-bond acceptors (Lipinski definition) is 8. The van der Waals surface area contributed by atoms with Gasteiger partial charge in [-0.3, -0.25) is 0 Å². The Morgan fingerprint density at radius 2 is 1.77 bits per heavy atom. The predicted octanol–water partition coefficient (Wildman–Crippen LogP) is 3.80. The number of aromatic nitrogens is 4. The van der Waals surface area contributed by atoms with Gasteiger partial charge in [-0.05, 0) is 17.4 Å². The van der Waals surface area contributed by atoms with Crippen molar-refractivity contribution in [1.29, 1.82) is 0 Å². The van der Waals surface area contributed by atoms with Crippen molar-refractivity contribution in [1.82, 2.24) is 20.1 Å². The highest BCUT2D eigenvalue weighted by Gasteiger charge is 2.17. The molecule has 8 heteroatoms. The first-order chi connectivity index (χ1) is 14.9. The third kappa shape index (κ3) is 5.19. The van der Waals surface area contributed by atoms with Crippen molar-refractivity contribution >= 4 is 5.95 Å². The number of morpholine rings is 1. The first kappa shape index (κ1) is 21.2. The molecule has 0 atom stereocenters. The molecule has 1 aliphatic rings. The Morgan fingerprint density at radius 3 is 2.45 bits per heavy atom. The number of benzene rings is 1. The van der Waals surface area contributed by atoms with Crippen LogP contribution in [0.15, 0.2) is 34.9 Å². The Balaban J connectivity index is 1.44. The molecule has 0 spiro atoms. The van der Waals surface area contributed by atoms with Crippen molar-refractivity contribution in [2.24, 2.45) is 0 Å². The lowest BCUT2D eigenvalue weighted by Crippen LogP contribution is -2.37. The highest BCUT2D eigenvalue weighted by Crippen LogP contribution is 2.25. The van der Waals surface area contributed by atoms with Crippen LogP contribution in [0.3, 0.4) is 0 Å². The Morgan fingerprint density at radius 1 is 1.03 bits per heavy atom. The van der Waals surface area contributed by atoms with Gasteiger partial charge >= 0.3 is 0 Å². The van der Waals surface area contributed by atoms with Crippen molar-refractivity contribution in [2.45, 2.75) is 46.1 Å². The minimum Gasteiger partial charge on any atom is -0.467 e. The van der Waals surface area contributed by atoms with Crippen LogP contribution in [0, 0.1) is 0 Å². The monoisotopic (exact) mass is 423 g/mol. The van der Waals surface area contributed by atoms with Gasteiger partial charge in [0.2, 0.25) is 17.7 Å². The van der Waals surface area contributed by atoms with Crippen molar-refractivity contribution in [2.75, 3.05) is 31.2 Å². The first-order valence-electron chi connectivity index (χ1n) is 10.7. The summed E-state index contributed by atoms with van der Waals surface area (Å²) in [4.78, 5) is 15.8. The van der Waals surface area contributed by atoms with Gasteiger partial charge in [-0.15, -0.1) is 0 Å². The quantitative estimate of drug-likeness (QED) is 0.592. The zero-order valence-electron chi connectivity index (χ0n) is 18.6. The lowest BCUT2D eigenvalue weighted by molar-refractivity contribution is 0.122. The second-order valence-electron chi connectivity index (χ2n) is 8.58. The van der Waals surface area contributed by atoms with E-state index < -0.39 is 0 Å². The average molecular weight is 424 g/mol. The van der Waals surface area contributed by atoms with E-state index in [4.69, 9.17) is 14.0 Å². The summed E-state index contributed by atoms with van der Waals surface area (Å²) in [6, 6.07) is 10.1. The van der Waals surface area contributed by atoms with Crippen LogP contribution in [0.25, 0.3) is 11.4 Å². The predicted molar refractivity (Wildman–Crippen MR) is 117 cm³/mol. The molecule has 4 rings (SSSR count). The highest BCUT2D eigenvalue weighted by atomic mass is 16.5. The van der Waals surface area contributed by atoms with E-state index in [2.05, 4.69) is 64.8 Å². The lowest BCUT2D eigenvalue weighted by Gasteiger charge is -2.27. The number of anilines is 1. The summed E-state index contributed by atoms with van der Waals surface area (Å²) in [6.07, 6.45) is 0.797. The first-order valence-corrected chi connectivity index (χ1v) is 10.7. The van der Waals surface area contributed by atoms with Crippen LogP contribution < -0.4 is 9.64 Å². The molecule has 1 aliphatic heterocycles. The molecule has 1 aromatic carbocycles. The molecule has 0 bridgehead atoms. The average Bonchev–Trinajstić information content (AvgIpc) is 3.27. The molecule has 1 fully saturated rings. The summed E-state index contributed by atoms with van der Waals surface area (Å²) in [5.74, 6) is 2.12. The Kier molecular flexibility index (Phi) is 6.18. The van der Waals surface area contributed by atoms with E-state index in [0.29, 0.717) is 36.8 Å². The van der Waals surface area contributed by atoms with E-state index >= 15 is 0 Å². The normalized spacial score (nSPS) is 14.6. The van der Waals surface area contributed by atoms with Crippen LogP contribution >= 0.6 is 0 Å². The minimum absolute atomic E-state index is 0.101. The van der Waals surface area contributed by atoms with E-state index in [1.54, 1.807) is 0 Å². The Hall–Kier alpha value is -3.00. The van der Waals surface area contributed by atoms with E-state index in [1.807, 2.05) is 18.2 Å². The maximum Gasteiger partial charge on any atom is 0.264 e. The summed E-state index contributed by atoms with van der Waals surface area (Å²) in [5.41, 5.74) is 3.20. The molecular weight excluding hydrogens is 394 g/mol. The highest BCUT2D eigenvalue weighted by molar-refractivity contribution is 5.55. The third-order valence-corrected chi connectivity index (χ3v) is 5.22.